The molecule has 2 heteroatoms. The largest absolute Gasteiger partial charge is 0.379 e. The molecule has 0 amide bonds. The van der Waals surface area contributed by atoms with E-state index in [1.807, 2.05) is 0 Å². The number of ketones is 1. The fourth-order valence-corrected chi connectivity index (χ4v) is 2.51. The van der Waals surface area contributed by atoms with Gasteiger partial charge in [0.1, 0.15) is 5.78 Å². The minimum absolute atomic E-state index is 0.155. The highest BCUT2D eigenvalue weighted by Crippen LogP contribution is 2.25. The first-order chi connectivity index (χ1) is 8.05. The lowest BCUT2D eigenvalue weighted by molar-refractivity contribution is -0.124. The highest BCUT2D eigenvalue weighted by atomic mass is 16.5. The summed E-state index contributed by atoms with van der Waals surface area (Å²) in [6.07, 6.45) is 10.2. The summed E-state index contributed by atoms with van der Waals surface area (Å²) < 4.78 is 5.37. The number of carbonyl (C=O) groups is 1. The summed E-state index contributed by atoms with van der Waals surface area (Å²) in [6.45, 7) is 4.11. The Morgan fingerprint density at radius 1 is 1.12 bits per heavy atom. The molecule has 0 saturated heterocycles. The molecule has 0 aromatic heterocycles. The van der Waals surface area contributed by atoms with E-state index in [1.165, 1.54) is 32.1 Å². The molecule has 0 atom stereocenters. The van der Waals surface area contributed by atoms with Crippen LogP contribution in [-0.2, 0) is 9.53 Å². The number of methoxy groups -OCH3 is 1. The second-order valence-corrected chi connectivity index (χ2v) is 5.97. The Hall–Kier alpha value is -0.370. The molecule has 1 fully saturated rings. The molecule has 0 heterocycles. The smallest absolute Gasteiger partial charge is 0.136 e. The Bertz CT molecular complexity index is 225. The third kappa shape index (κ3) is 5.67. The second-order valence-electron chi connectivity index (χ2n) is 5.97. The van der Waals surface area contributed by atoms with Gasteiger partial charge < -0.3 is 4.74 Å². The first kappa shape index (κ1) is 14.7. The number of carbonyl (C=O) groups excluding carboxylic acids is 1. The summed E-state index contributed by atoms with van der Waals surface area (Å²) in [5.74, 6) is 0.806. The van der Waals surface area contributed by atoms with E-state index < -0.39 is 0 Å². The lowest BCUT2D eigenvalue weighted by Gasteiger charge is -2.24. The summed E-state index contributed by atoms with van der Waals surface area (Å²) >= 11 is 0. The van der Waals surface area contributed by atoms with Crippen molar-refractivity contribution < 1.29 is 9.53 Å². The van der Waals surface area contributed by atoms with Crippen molar-refractivity contribution in [3.63, 3.8) is 0 Å². The van der Waals surface area contributed by atoms with Crippen LogP contribution in [0.4, 0.5) is 0 Å². The minimum Gasteiger partial charge on any atom is -0.379 e. The van der Waals surface area contributed by atoms with Gasteiger partial charge in [-0.1, -0.05) is 32.1 Å². The zero-order valence-electron chi connectivity index (χ0n) is 11.8. The number of Topliss-reactive ketones (excluding diaryl/α,β-unsaturated/α-hetero) is 1. The van der Waals surface area contributed by atoms with Crippen molar-refractivity contribution in [3.05, 3.63) is 0 Å². The van der Waals surface area contributed by atoms with Crippen LogP contribution in [0.3, 0.4) is 0 Å². The zero-order chi connectivity index (χ0) is 12.7. The average Bonchev–Trinajstić information content (AvgIpc) is 2.26. The van der Waals surface area contributed by atoms with Crippen molar-refractivity contribution in [2.45, 2.75) is 77.2 Å². The first-order valence-electron chi connectivity index (χ1n) is 7.13. The molecule has 0 spiro atoms. The van der Waals surface area contributed by atoms with Gasteiger partial charge in [0.05, 0.1) is 5.60 Å². The normalized spacial score (nSPS) is 19.7. The molecule has 0 unspecified atom stereocenters. The van der Waals surface area contributed by atoms with Gasteiger partial charge >= 0.3 is 0 Å². The van der Waals surface area contributed by atoms with E-state index in [9.17, 15) is 4.79 Å². The van der Waals surface area contributed by atoms with Crippen LogP contribution in [0.2, 0.25) is 0 Å². The van der Waals surface area contributed by atoms with E-state index in [4.69, 9.17) is 4.74 Å². The summed E-state index contributed by atoms with van der Waals surface area (Å²) in [5, 5.41) is 0. The summed E-state index contributed by atoms with van der Waals surface area (Å²) in [6, 6.07) is 0. The maximum absolute atomic E-state index is 12.2. The van der Waals surface area contributed by atoms with Gasteiger partial charge in [-0.3, -0.25) is 4.79 Å². The lowest BCUT2D eigenvalue weighted by Crippen LogP contribution is -2.25. The molecule has 0 aromatic rings. The molecule has 0 bridgehead atoms. The van der Waals surface area contributed by atoms with Gasteiger partial charge in [0.15, 0.2) is 0 Å². The van der Waals surface area contributed by atoms with Crippen LogP contribution < -0.4 is 0 Å². The van der Waals surface area contributed by atoms with Crippen LogP contribution in [0.1, 0.15) is 71.6 Å². The Morgan fingerprint density at radius 2 is 1.65 bits per heavy atom. The van der Waals surface area contributed by atoms with Crippen LogP contribution in [0.25, 0.3) is 0 Å². The van der Waals surface area contributed by atoms with Crippen LogP contribution in [0.15, 0.2) is 0 Å². The van der Waals surface area contributed by atoms with Crippen molar-refractivity contribution in [1.29, 1.82) is 0 Å². The van der Waals surface area contributed by atoms with Gasteiger partial charge in [-0.05, 0) is 33.1 Å². The molecule has 1 aliphatic rings. The van der Waals surface area contributed by atoms with E-state index >= 15 is 0 Å². The van der Waals surface area contributed by atoms with Crippen molar-refractivity contribution >= 4 is 5.78 Å². The average molecular weight is 240 g/mol. The summed E-state index contributed by atoms with van der Waals surface area (Å²) in [7, 11) is 1.72. The van der Waals surface area contributed by atoms with Crippen molar-refractivity contribution in [3.8, 4) is 0 Å². The fourth-order valence-electron chi connectivity index (χ4n) is 2.51. The Labute approximate surface area is 106 Å². The van der Waals surface area contributed by atoms with E-state index in [0.717, 1.165) is 19.3 Å². The zero-order valence-corrected chi connectivity index (χ0v) is 11.8. The molecule has 100 valence electrons. The van der Waals surface area contributed by atoms with E-state index in [0.29, 0.717) is 18.1 Å². The number of hydrogen-bond acceptors (Lipinski definition) is 2. The topological polar surface area (TPSA) is 26.3 Å². The van der Waals surface area contributed by atoms with Gasteiger partial charge in [-0.15, -0.1) is 0 Å². The van der Waals surface area contributed by atoms with Gasteiger partial charge in [0.2, 0.25) is 0 Å². The van der Waals surface area contributed by atoms with Crippen LogP contribution in [0, 0.1) is 5.92 Å². The lowest BCUT2D eigenvalue weighted by atomic mass is 9.85. The highest BCUT2D eigenvalue weighted by molar-refractivity contribution is 5.81. The van der Waals surface area contributed by atoms with Crippen molar-refractivity contribution in [1.82, 2.24) is 0 Å². The molecular weight excluding hydrogens is 212 g/mol. The fraction of sp³-hybridized carbons (Fsp3) is 0.933. The van der Waals surface area contributed by atoms with E-state index in [2.05, 4.69) is 13.8 Å². The van der Waals surface area contributed by atoms with Gasteiger partial charge in [-0.25, -0.2) is 0 Å². The number of rotatable bonds is 5. The predicted molar refractivity (Wildman–Crippen MR) is 71.1 cm³/mol. The monoisotopic (exact) mass is 240 g/mol. The third-order valence-electron chi connectivity index (χ3n) is 4.09. The molecule has 0 aromatic carbocycles. The highest BCUT2D eigenvalue weighted by Gasteiger charge is 2.23. The summed E-state index contributed by atoms with van der Waals surface area (Å²) in [4.78, 5) is 12.2. The molecule has 1 aliphatic carbocycles. The molecule has 17 heavy (non-hydrogen) atoms. The third-order valence-corrected chi connectivity index (χ3v) is 4.09. The Kier molecular flexibility index (Phi) is 6.18. The molecular formula is C15H28O2. The maximum Gasteiger partial charge on any atom is 0.136 e. The molecule has 1 saturated carbocycles. The maximum atomic E-state index is 12.2. The van der Waals surface area contributed by atoms with Crippen molar-refractivity contribution in [2.75, 3.05) is 7.11 Å². The Morgan fingerprint density at radius 3 is 2.18 bits per heavy atom. The van der Waals surface area contributed by atoms with Gasteiger partial charge in [-0.2, -0.15) is 0 Å². The van der Waals surface area contributed by atoms with Crippen molar-refractivity contribution in [2.24, 2.45) is 5.92 Å². The van der Waals surface area contributed by atoms with Crippen LogP contribution in [0.5, 0.6) is 0 Å². The van der Waals surface area contributed by atoms with Crippen LogP contribution in [-0.4, -0.2) is 18.5 Å². The van der Waals surface area contributed by atoms with E-state index in [-0.39, 0.29) is 5.60 Å². The minimum atomic E-state index is -0.155. The molecule has 0 aliphatic heterocycles. The standard InChI is InChI=1S/C15H28O2/c1-15(2,17-3)12-11-14(16)13-9-7-5-4-6-8-10-13/h13H,4-12H2,1-3H3. The molecule has 1 rings (SSSR count). The predicted octanol–water partition coefficient (Wildman–Crippen LogP) is 4.12. The number of hydrogen-bond donors (Lipinski definition) is 0. The summed E-state index contributed by atoms with van der Waals surface area (Å²) in [5.41, 5.74) is -0.155. The Balaban J connectivity index is 2.34. The number of ether oxygens (including phenoxy) is 1. The molecule has 0 radical (unpaired) electrons. The quantitative estimate of drug-likeness (QED) is 0.722. The van der Waals surface area contributed by atoms with Gasteiger partial charge in [0.25, 0.3) is 0 Å². The van der Waals surface area contributed by atoms with Crippen LogP contribution >= 0.6 is 0 Å². The molecule has 2 nitrogen and oxygen atoms in total. The van der Waals surface area contributed by atoms with Gasteiger partial charge in [0, 0.05) is 19.4 Å². The SMILES string of the molecule is COC(C)(C)CCC(=O)C1CCCCCCC1. The molecule has 0 N–H and O–H groups in total. The second kappa shape index (κ2) is 7.15. The first-order valence-corrected chi connectivity index (χ1v) is 7.13. The van der Waals surface area contributed by atoms with E-state index in [1.54, 1.807) is 7.11 Å².